The summed E-state index contributed by atoms with van der Waals surface area (Å²) in [6, 6.07) is 7.10. The Hall–Kier alpha value is -2.09. The van der Waals surface area contributed by atoms with Crippen molar-refractivity contribution in [2.45, 2.75) is 0 Å². The molecule has 0 spiro atoms. The molecule has 0 atom stereocenters. The number of benzene rings is 1. The SMILES string of the molecule is O=CNc1ncc(C#Cc2ccc(Cl)cc2)c(Cl)n1. The average molecular weight is 292 g/mol. The van der Waals surface area contributed by atoms with Gasteiger partial charge in [0.2, 0.25) is 12.4 Å². The van der Waals surface area contributed by atoms with Crippen molar-refractivity contribution in [3.63, 3.8) is 0 Å². The minimum atomic E-state index is 0.136. The predicted molar refractivity (Wildman–Crippen MR) is 74.2 cm³/mol. The smallest absolute Gasteiger partial charge is 0.230 e. The molecule has 0 bridgehead atoms. The van der Waals surface area contributed by atoms with Crippen LogP contribution in [0.3, 0.4) is 0 Å². The molecule has 1 N–H and O–H groups in total. The predicted octanol–water partition coefficient (Wildman–Crippen LogP) is 2.75. The average Bonchev–Trinajstić information content (AvgIpc) is 2.40. The molecule has 2 aromatic rings. The molecule has 1 aromatic carbocycles. The topological polar surface area (TPSA) is 54.9 Å². The number of hydrogen-bond acceptors (Lipinski definition) is 3. The van der Waals surface area contributed by atoms with Crippen LogP contribution in [0.25, 0.3) is 0 Å². The van der Waals surface area contributed by atoms with E-state index in [0.717, 1.165) is 5.56 Å². The molecule has 1 amide bonds. The molecule has 0 unspecified atom stereocenters. The summed E-state index contributed by atoms with van der Waals surface area (Å²) < 4.78 is 0. The second-order valence-electron chi connectivity index (χ2n) is 3.42. The van der Waals surface area contributed by atoms with Gasteiger partial charge in [0.05, 0.1) is 5.56 Å². The molecule has 0 aliphatic carbocycles. The van der Waals surface area contributed by atoms with Gasteiger partial charge in [0.15, 0.2) is 0 Å². The van der Waals surface area contributed by atoms with Gasteiger partial charge in [-0.1, -0.05) is 35.0 Å². The van der Waals surface area contributed by atoms with E-state index in [-0.39, 0.29) is 11.1 Å². The zero-order chi connectivity index (χ0) is 13.7. The number of carbonyl (C=O) groups excluding carboxylic acids is 1. The number of nitrogens with one attached hydrogen (secondary N) is 1. The minimum absolute atomic E-state index is 0.136. The maximum atomic E-state index is 10.2. The largest absolute Gasteiger partial charge is 0.297 e. The van der Waals surface area contributed by atoms with E-state index in [1.165, 1.54) is 6.20 Å². The van der Waals surface area contributed by atoms with Gasteiger partial charge in [0.25, 0.3) is 0 Å². The molecule has 0 fully saturated rings. The van der Waals surface area contributed by atoms with Gasteiger partial charge >= 0.3 is 0 Å². The highest BCUT2D eigenvalue weighted by Gasteiger charge is 2.01. The standard InChI is InChI=1S/C13H7Cl2N3O/c14-11-5-2-9(3-6-11)1-4-10-7-16-13(17-8-19)18-12(10)15/h2-3,5-8H,(H,16,17,18,19). The molecule has 6 heteroatoms. The number of hydrogen-bond donors (Lipinski definition) is 1. The summed E-state index contributed by atoms with van der Waals surface area (Å²) in [7, 11) is 0. The molecule has 0 aliphatic rings. The van der Waals surface area contributed by atoms with E-state index in [9.17, 15) is 4.79 Å². The fourth-order valence-electron chi connectivity index (χ4n) is 1.24. The van der Waals surface area contributed by atoms with Crippen LogP contribution in [-0.2, 0) is 4.79 Å². The van der Waals surface area contributed by atoms with Crippen molar-refractivity contribution >= 4 is 35.6 Å². The first-order valence-electron chi connectivity index (χ1n) is 5.19. The number of carbonyl (C=O) groups is 1. The first kappa shape index (κ1) is 13.3. The Bertz CT molecular complexity index is 660. The van der Waals surface area contributed by atoms with Crippen LogP contribution in [0.2, 0.25) is 10.2 Å². The van der Waals surface area contributed by atoms with Crippen molar-refractivity contribution in [2.75, 3.05) is 5.32 Å². The Morgan fingerprint density at radius 3 is 2.53 bits per heavy atom. The molecule has 2 rings (SSSR count). The van der Waals surface area contributed by atoms with Crippen molar-refractivity contribution in [3.05, 3.63) is 51.8 Å². The fourth-order valence-corrected chi connectivity index (χ4v) is 1.54. The van der Waals surface area contributed by atoms with Gasteiger partial charge in [-0.2, -0.15) is 4.98 Å². The van der Waals surface area contributed by atoms with Gasteiger partial charge in [-0.05, 0) is 24.3 Å². The van der Waals surface area contributed by atoms with Crippen LogP contribution < -0.4 is 5.32 Å². The number of aromatic nitrogens is 2. The normalized spacial score (nSPS) is 9.37. The van der Waals surface area contributed by atoms with Gasteiger partial charge in [-0.25, -0.2) is 4.98 Å². The van der Waals surface area contributed by atoms with Gasteiger partial charge in [0, 0.05) is 16.8 Å². The van der Waals surface area contributed by atoms with Gasteiger partial charge in [-0.3, -0.25) is 10.1 Å². The lowest BCUT2D eigenvalue weighted by molar-refractivity contribution is -0.105. The Morgan fingerprint density at radius 1 is 1.16 bits per heavy atom. The number of nitrogens with zero attached hydrogens (tertiary/aromatic N) is 2. The van der Waals surface area contributed by atoms with E-state index in [1.54, 1.807) is 24.3 Å². The Balaban J connectivity index is 2.24. The molecule has 0 radical (unpaired) electrons. The van der Waals surface area contributed by atoms with Gasteiger partial charge in [-0.15, -0.1) is 0 Å². The van der Waals surface area contributed by atoms with Gasteiger partial charge in [0.1, 0.15) is 5.15 Å². The summed E-state index contributed by atoms with van der Waals surface area (Å²) in [5.74, 6) is 5.91. The monoisotopic (exact) mass is 291 g/mol. The van der Waals surface area contributed by atoms with Crippen LogP contribution in [0.15, 0.2) is 30.5 Å². The third-order valence-corrected chi connectivity index (χ3v) is 2.66. The highest BCUT2D eigenvalue weighted by Crippen LogP contribution is 2.13. The second-order valence-corrected chi connectivity index (χ2v) is 4.21. The van der Waals surface area contributed by atoms with E-state index in [4.69, 9.17) is 23.2 Å². The maximum absolute atomic E-state index is 10.2. The quantitative estimate of drug-likeness (QED) is 0.526. The van der Waals surface area contributed by atoms with E-state index in [1.807, 2.05) is 0 Å². The summed E-state index contributed by atoms with van der Waals surface area (Å²) >= 11 is 11.7. The van der Waals surface area contributed by atoms with Crippen LogP contribution in [0.1, 0.15) is 11.1 Å². The molecule has 1 heterocycles. The molecule has 1 aromatic heterocycles. The molecule has 0 aliphatic heterocycles. The zero-order valence-electron chi connectivity index (χ0n) is 9.52. The summed E-state index contributed by atoms with van der Waals surface area (Å²) in [4.78, 5) is 18.0. The Morgan fingerprint density at radius 2 is 1.89 bits per heavy atom. The molecule has 94 valence electrons. The molecular formula is C13H7Cl2N3O. The van der Waals surface area contributed by atoms with Gasteiger partial charge < -0.3 is 0 Å². The molecular weight excluding hydrogens is 285 g/mol. The van der Waals surface area contributed by atoms with Crippen LogP contribution in [0.5, 0.6) is 0 Å². The second kappa shape index (κ2) is 6.19. The summed E-state index contributed by atoms with van der Waals surface area (Å²) in [6.07, 6.45) is 1.93. The van der Waals surface area contributed by atoms with Crippen LogP contribution in [0, 0.1) is 11.8 Å². The lowest BCUT2D eigenvalue weighted by atomic mass is 10.2. The van der Waals surface area contributed by atoms with Crippen molar-refractivity contribution in [2.24, 2.45) is 0 Å². The summed E-state index contributed by atoms with van der Waals surface area (Å²) in [5.41, 5.74) is 1.28. The van der Waals surface area contributed by atoms with Crippen LogP contribution in [0.4, 0.5) is 5.95 Å². The van der Waals surface area contributed by atoms with Crippen LogP contribution in [-0.4, -0.2) is 16.4 Å². The van der Waals surface area contributed by atoms with E-state index < -0.39 is 0 Å². The summed E-state index contributed by atoms with van der Waals surface area (Å²) in [6.45, 7) is 0. The van der Waals surface area contributed by atoms with E-state index in [0.29, 0.717) is 17.0 Å². The fraction of sp³-hybridized carbons (Fsp3) is 0. The van der Waals surface area contributed by atoms with E-state index in [2.05, 4.69) is 27.1 Å². The van der Waals surface area contributed by atoms with Crippen molar-refractivity contribution in [1.29, 1.82) is 0 Å². The Labute approximate surface area is 119 Å². The highest BCUT2D eigenvalue weighted by atomic mass is 35.5. The lowest BCUT2D eigenvalue weighted by Crippen LogP contribution is -2.00. The summed E-state index contributed by atoms with van der Waals surface area (Å²) in [5, 5.41) is 3.14. The third kappa shape index (κ3) is 3.68. The maximum Gasteiger partial charge on any atom is 0.230 e. The zero-order valence-corrected chi connectivity index (χ0v) is 11.0. The van der Waals surface area contributed by atoms with Crippen LogP contribution >= 0.6 is 23.2 Å². The minimum Gasteiger partial charge on any atom is -0.297 e. The molecule has 0 saturated carbocycles. The molecule has 0 saturated heterocycles. The first-order chi connectivity index (χ1) is 9.19. The number of amides is 1. The molecule has 19 heavy (non-hydrogen) atoms. The number of rotatable bonds is 2. The van der Waals surface area contributed by atoms with Crippen molar-refractivity contribution < 1.29 is 4.79 Å². The lowest BCUT2D eigenvalue weighted by Gasteiger charge is -1.98. The third-order valence-electron chi connectivity index (χ3n) is 2.12. The highest BCUT2D eigenvalue weighted by molar-refractivity contribution is 6.30. The molecule has 4 nitrogen and oxygen atoms in total. The number of halogens is 2. The van der Waals surface area contributed by atoms with Crippen molar-refractivity contribution in [3.8, 4) is 11.8 Å². The first-order valence-corrected chi connectivity index (χ1v) is 5.95. The van der Waals surface area contributed by atoms with Crippen molar-refractivity contribution in [1.82, 2.24) is 9.97 Å². The van der Waals surface area contributed by atoms with E-state index >= 15 is 0 Å². The Kier molecular flexibility index (Phi) is 4.35. The number of anilines is 1.